The van der Waals surface area contributed by atoms with Gasteiger partial charge in [-0.15, -0.1) is 6.58 Å². The molecule has 1 aromatic carbocycles. The number of sulfonamides is 1. The lowest BCUT2D eigenvalue weighted by molar-refractivity contribution is -0.153. The Morgan fingerprint density at radius 2 is 2.00 bits per heavy atom. The van der Waals surface area contributed by atoms with Gasteiger partial charge in [-0.05, 0) is 38.0 Å². The zero-order valence-corrected chi connectivity index (χ0v) is 14.8. The van der Waals surface area contributed by atoms with Gasteiger partial charge in [-0.3, -0.25) is 9.59 Å². The fraction of sp³-hybridized carbons (Fsp3) is 0.375. The van der Waals surface area contributed by atoms with Crippen LogP contribution in [0, 0.1) is 13.8 Å². The lowest BCUT2D eigenvalue weighted by atomic mass is 10.2. The summed E-state index contributed by atoms with van der Waals surface area (Å²) in [6, 6.07) is 5.01. The molecule has 132 valence electrons. The van der Waals surface area contributed by atoms with Crippen LogP contribution in [-0.2, 0) is 24.3 Å². The summed E-state index contributed by atoms with van der Waals surface area (Å²) in [6.45, 7) is 7.98. The molecule has 1 rings (SSSR count). The van der Waals surface area contributed by atoms with Crippen LogP contribution in [0.25, 0.3) is 0 Å². The number of esters is 1. The van der Waals surface area contributed by atoms with Crippen molar-refractivity contribution in [3.8, 4) is 0 Å². The highest BCUT2D eigenvalue weighted by molar-refractivity contribution is 7.89. The number of carbonyl (C=O) groups is 2. The molecule has 0 heterocycles. The van der Waals surface area contributed by atoms with Crippen molar-refractivity contribution in [2.75, 3.05) is 13.1 Å². The largest absolute Gasteiger partial charge is 0.452 e. The monoisotopic (exact) mass is 354 g/mol. The Morgan fingerprint density at radius 3 is 2.62 bits per heavy atom. The molecule has 24 heavy (non-hydrogen) atoms. The Balaban J connectivity index is 2.64. The fourth-order valence-corrected chi connectivity index (χ4v) is 3.13. The predicted molar refractivity (Wildman–Crippen MR) is 89.9 cm³/mol. The number of nitrogens with one attached hydrogen (secondary N) is 2. The van der Waals surface area contributed by atoms with Crippen molar-refractivity contribution in [2.45, 2.75) is 31.8 Å². The molecule has 1 amide bonds. The molecular weight excluding hydrogens is 332 g/mol. The average molecular weight is 354 g/mol. The topological polar surface area (TPSA) is 102 Å². The molecule has 1 aromatic rings. The first-order valence-corrected chi connectivity index (χ1v) is 8.80. The van der Waals surface area contributed by atoms with Crippen LogP contribution in [0.4, 0.5) is 0 Å². The standard InChI is InChI=1S/C16H22N2O5S/c1-5-8-17-16(20)13(4)23-15(19)10-18-24(21,22)14-9-11(2)6-7-12(14)3/h5-7,9,13,18H,1,8,10H2,2-4H3,(H,17,20)/t13-/m1/s1. The van der Waals surface area contributed by atoms with Gasteiger partial charge in [0.1, 0.15) is 6.54 Å². The van der Waals surface area contributed by atoms with Gasteiger partial charge >= 0.3 is 5.97 Å². The van der Waals surface area contributed by atoms with Crippen molar-refractivity contribution < 1.29 is 22.7 Å². The molecule has 0 unspecified atom stereocenters. The highest BCUT2D eigenvalue weighted by Crippen LogP contribution is 2.16. The quantitative estimate of drug-likeness (QED) is 0.531. The van der Waals surface area contributed by atoms with E-state index in [4.69, 9.17) is 4.74 Å². The van der Waals surface area contributed by atoms with Crippen LogP contribution in [0.3, 0.4) is 0 Å². The van der Waals surface area contributed by atoms with Crippen LogP contribution in [0.2, 0.25) is 0 Å². The number of carbonyl (C=O) groups excluding carboxylic acids is 2. The van der Waals surface area contributed by atoms with Gasteiger partial charge in [0.25, 0.3) is 5.91 Å². The third-order valence-electron chi connectivity index (χ3n) is 3.14. The van der Waals surface area contributed by atoms with Crippen LogP contribution in [0.1, 0.15) is 18.1 Å². The van der Waals surface area contributed by atoms with Crippen LogP contribution < -0.4 is 10.0 Å². The first-order valence-electron chi connectivity index (χ1n) is 7.32. The molecule has 0 saturated carbocycles. The van der Waals surface area contributed by atoms with Crippen molar-refractivity contribution in [1.82, 2.24) is 10.0 Å². The van der Waals surface area contributed by atoms with Crippen molar-refractivity contribution in [3.05, 3.63) is 42.0 Å². The summed E-state index contributed by atoms with van der Waals surface area (Å²) in [5.41, 5.74) is 1.36. The fourth-order valence-electron chi connectivity index (χ4n) is 1.84. The van der Waals surface area contributed by atoms with Gasteiger partial charge in [0.15, 0.2) is 6.10 Å². The number of hydrogen-bond acceptors (Lipinski definition) is 5. The number of ether oxygens (including phenoxy) is 1. The van der Waals surface area contributed by atoms with Crippen LogP contribution in [0.15, 0.2) is 35.7 Å². The van der Waals surface area contributed by atoms with Crippen LogP contribution in [-0.4, -0.2) is 39.5 Å². The summed E-state index contributed by atoms with van der Waals surface area (Å²) in [7, 11) is -3.84. The van der Waals surface area contributed by atoms with E-state index in [1.54, 1.807) is 26.0 Å². The van der Waals surface area contributed by atoms with E-state index in [0.29, 0.717) is 5.56 Å². The molecule has 7 nitrogen and oxygen atoms in total. The highest BCUT2D eigenvalue weighted by atomic mass is 32.2. The van der Waals surface area contributed by atoms with Crippen molar-refractivity contribution in [1.29, 1.82) is 0 Å². The van der Waals surface area contributed by atoms with Crippen LogP contribution >= 0.6 is 0 Å². The molecule has 0 aliphatic rings. The number of aryl methyl sites for hydroxylation is 2. The highest BCUT2D eigenvalue weighted by Gasteiger charge is 2.21. The summed E-state index contributed by atoms with van der Waals surface area (Å²) in [5, 5.41) is 2.48. The van der Waals surface area contributed by atoms with E-state index in [0.717, 1.165) is 5.56 Å². The summed E-state index contributed by atoms with van der Waals surface area (Å²) in [5.74, 6) is -1.33. The maximum absolute atomic E-state index is 12.3. The lowest BCUT2D eigenvalue weighted by Crippen LogP contribution is -2.38. The maximum atomic E-state index is 12.3. The number of rotatable bonds is 8. The molecule has 2 N–H and O–H groups in total. The summed E-state index contributed by atoms with van der Waals surface area (Å²) >= 11 is 0. The summed E-state index contributed by atoms with van der Waals surface area (Å²) in [6.07, 6.45) is 0.466. The molecule has 0 bridgehead atoms. The van der Waals surface area contributed by atoms with E-state index in [9.17, 15) is 18.0 Å². The van der Waals surface area contributed by atoms with E-state index in [-0.39, 0.29) is 11.4 Å². The molecule has 1 atom stereocenters. The number of benzene rings is 1. The van der Waals surface area contributed by atoms with E-state index in [2.05, 4.69) is 16.6 Å². The zero-order chi connectivity index (χ0) is 18.3. The zero-order valence-electron chi connectivity index (χ0n) is 14.0. The van der Waals surface area contributed by atoms with Gasteiger partial charge in [0.05, 0.1) is 4.90 Å². The molecule has 0 aromatic heterocycles. The normalized spacial score (nSPS) is 12.3. The molecule has 0 fully saturated rings. The number of amides is 1. The molecule has 0 saturated heterocycles. The Kier molecular flexibility index (Phi) is 7.12. The van der Waals surface area contributed by atoms with Crippen LogP contribution in [0.5, 0.6) is 0 Å². The first kappa shape index (κ1) is 19.9. The Hall–Kier alpha value is -2.19. The van der Waals surface area contributed by atoms with E-state index >= 15 is 0 Å². The van der Waals surface area contributed by atoms with Gasteiger partial charge in [-0.2, -0.15) is 4.72 Å². The van der Waals surface area contributed by atoms with Gasteiger partial charge in [0.2, 0.25) is 10.0 Å². The maximum Gasteiger partial charge on any atom is 0.321 e. The molecule has 0 aliphatic carbocycles. The second kappa shape index (κ2) is 8.60. The Morgan fingerprint density at radius 1 is 1.33 bits per heavy atom. The Labute approximate surface area is 142 Å². The third kappa shape index (κ3) is 5.78. The Bertz CT molecular complexity index is 728. The number of hydrogen-bond donors (Lipinski definition) is 2. The van der Waals surface area contributed by atoms with Gasteiger partial charge < -0.3 is 10.1 Å². The molecule has 0 aliphatic heterocycles. The average Bonchev–Trinajstić information content (AvgIpc) is 2.52. The van der Waals surface area contributed by atoms with Gasteiger partial charge in [-0.25, -0.2) is 8.42 Å². The van der Waals surface area contributed by atoms with Gasteiger partial charge in [0, 0.05) is 6.54 Å². The minimum absolute atomic E-state index is 0.104. The minimum Gasteiger partial charge on any atom is -0.452 e. The van der Waals surface area contributed by atoms with Crippen molar-refractivity contribution in [2.24, 2.45) is 0 Å². The second-order valence-electron chi connectivity index (χ2n) is 5.26. The third-order valence-corrected chi connectivity index (χ3v) is 4.68. The summed E-state index contributed by atoms with van der Waals surface area (Å²) < 4.78 is 31.6. The minimum atomic E-state index is -3.84. The van der Waals surface area contributed by atoms with E-state index < -0.39 is 34.5 Å². The van der Waals surface area contributed by atoms with Crippen molar-refractivity contribution in [3.63, 3.8) is 0 Å². The SMILES string of the molecule is C=CCNC(=O)[C@@H](C)OC(=O)CNS(=O)(=O)c1cc(C)ccc1C. The van der Waals surface area contributed by atoms with Crippen molar-refractivity contribution >= 4 is 21.9 Å². The lowest BCUT2D eigenvalue weighted by Gasteiger charge is -2.14. The second-order valence-corrected chi connectivity index (χ2v) is 6.99. The first-order chi connectivity index (χ1) is 11.2. The molecule has 8 heteroatoms. The summed E-state index contributed by atoms with van der Waals surface area (Å²) in [4.78, 5) is 23.4. The molecular formula is C16H22N2O5S. The smallest absolute Gasteiger partial charge is 0.321 e. The predicted octanol–water partition coefficient (Wildman–Crippen LogP) is 0.816. The molecule has 0 radical (unpaired) electrons. The van der Waals surface area contributed by atoms with E-state index in [1.807, 2.05) is 0 Å². The van der Waals surface area contributed by atoms with Gasteiger partial charge in [-0.1, -0.05) is 18.2 Å². The molecule has 0 spiro atoms. The van der Waals surface area contributed by atoms with E-state index in [1.165, 1.54) is 19.1 Å².